The van der Waals surface area contributed by atoms with E-state index in [1.54, 1.807) is 7.11 Å². The van der Waals surface area contributed by atoms with Crippen LogP contribution in [0.15, 0.2) is 24.3 Å². The number of hydrogen-bond acceptors (Lipinski definition) is 4. The Kier molecular flexibility index (Phi) is 6.49. The number of carbonyl (C=O) groups excluding carboxylic acids is 1. The third-order valence-corrected chi connectivity index (χ3v) is 2.58. The zero-order chi connectivity index (χ0) is 14.3. The van der Waals surface area contributed by atoms with Crippen LogP contribution in [0.2, 0.25) is 0 Å². The van der Waals surface area contributed by atoms with E-state index in [2.05, 4.69) is 5.32 Å². The third-order valence-electron chi connectivity index (χ3n) is 2.58. The quantitative estimate of drug-likeness (QED) is 0.775. The molecule has 1 rings (SSSR count). The van der Waals surface area contributed by atoms with E-state index in [1.807, 2.05) is 36.2 Å². The van der Waals surface area contributed by atoms with E-state index in [0.717, 1.165) is 11.3 Å². The van der Waals surface area contributed by atoms with Gasteiger partial charge in [-0.1, -0.05) is 12.1 Å². The van der Waals surface area contributed by atoms with Crippen LogP contribution < -0.4 is 5.32 Å². The van der Waals surface area contributed by atoms with E-state index in [9.17, 15) is 9.90 Å². The molecule has 0 saturated heterocycles. The second-order valence-electron chi connectivity index (χ2n) is 4.69. The largest absolute Gasteiger partial charge is 0.389 e. The standard InChI is InChI=1S/C14H22N2O3/c1-11(17)15-13-6-4-5-12(7-13)8-16(2)9-14(18)10-19-3/h4-7,14,18H,8-10H2,1-3H3,(H,15,17). The van der Waals surface area contributed by atoms with E-state index in [1.165, 1.54) is 6.92 Å². The van der Waals surface area contributed by atoms with Gasteiger partial charge in [-0.25, -0.2) is 0 Å². The zero-order valence-electron chi connectivity index (χ0n) is 11.7. The Morgan fingerprint density at radius 2 is 2.26 bits per heavy atom. The molecule has 0 spiro atoms. The molecule has 5 heteroatoms. The summed E-state index contributed by atoms with van der Waals surface area (Å²) < 4.78 is 4.89. The predicted octanol–water partition coefficient (Wildman–Crippen LogP) is 1.08. The van der Waals surface area contributed by atoms with Crippen molar-refractivity contribution in [3.63, 3.8) is 0 Å². The smallest absolute Gasteiger partial charge is 0.221 e. The normalized spacial score (nSPS) is 12.5. The highest BCUT2D eigenvalue weighted by Crippen LogP contribution is 2.12. The van der Waals surface area contributed by atoms with Gasteiger partial charge in [-0.2, -0.15) is 0 Å². The Hall–Kier alpha value is -1.43. The van der Waals surface area contributed by atoms with Crippen molar-refractivity contribution in [3.05, 3.63) is 29.8 Å². The molecule has 0 aliphatic rings. The summed E-state index contributed by atoms with van der Waals surface area (Å²) in [5, 5.41) is 12.4. The fourth-order valence-electron chi connectivity index (χ4n) is 1.93. The van der Waals surface area contributed by atoms with Gasteiger partial charge < -0.3 is 15.2 Å². The molecule has 1 unspecified atom stereocenters. The van der Waals surface area contributed by atoms with E-state index in [4.69, 9.17) is 4.74 Å². The number of aliphatic hydroxyl groups excluding tert-OH is 1. The highest BCUT2D eigenvalue weighted by atomic mass is 16.5. The highest BCUT2D eigenvalue weighted by Gasteiger charge is 2.08. The first kappa shape index (κ1) is 15.6. The predicted molar refractivity (Wildman–Crippen MR) is 75.0 cm³/mol. The molecular formula is C14H22N2O3. The Morgan fingerprint density at radius 1 is 1.53 bits per heavy atom. The fraction of sp³-hybridized carbons (Fsp3) is 0.500. The fourth-order valence-corrected chi connectivity index (χ4v) is 1.93. The molecule has 5 nitrogen and oxygen atoms in total. The molecule has 0 fully saturated rings. The van der Waals surface area contributed by atoms with Gasteiger partial charge in [0.05, 0.1) is 12.7 Å². The average molecular weight is 266 g/mol. The zero-order valence-corrected chi connectivity index (χ0v) is 11.7. The van der Waals surface area contributed by atoms with Crippen molar-refractivity contribution in [2.24, 2.45) is 0 Å². The maximum Gasteiger partial charge on any atom is 0.221 e. The number of benzene rings is 1. The van der Waals surface area contributed by atoms with Crippen LogP contribution in [-0.2, 0) is 16.1 Å². The first-order chi connectivity index (χ1) is 9.01. The summed E-state index contributed by atoms with van der Waals surface area (Å²) >= 11 is 0. The molecule has 19 heavy (non-hydrogen) atoms. The van der Waals surface area contributed by atoms with Crippen molar-refractivity contribution in [2.45, 2.75) is 19.6 Å². The maximum absolute atomic E-state index is 11.0. The molecule has 2 N–H and O–H groups in total. The van der Waals surface area contributed by atoms with Crippen molar-refractivity contribution in [1.29, 1.82) is 0 Å². The molecule has 0 saturated carbocycles. The number of methoxy groups -OCH3 is 1. The molecule has 0 heterocycles. The van der Waals surface area contributed by atoms with Gasteiger partial charge in [0.1, 0.15) is 0 Å². The number of ether oxygens (including phenoxy) is 1. The summed E-state index contributed by atoms with van der Waals surface area (Å²) in [5.41, 5.74) is 1.87. The first-order valence-corrected chi connectivity index (χ1v) is 6.23. The minimum atomic E-state index is -0.492. The van der Waals surface area contributed by atoms with Crippen molar-refractivity contribution >= 4 is 11.6 Å². The van der Waals surface area contributed by atoms with Crippen LogP contribution >= 0.6 is 0 Å². The van der Waals surface area contributed by atoms with Gasteiger partial charge in [-0.3, -0.25) is 9.69 Å². The monoisotopic (exact) mass is 266 g/mol. The van der Waals surface area contributed by atoms with Gasteiger partial charge in [-0.15, -0.1) is 0 Å². The lowest BCUT2D eigenvalue weighted by Crippen LogP contribution is -2.31. The van der Waals surface area contributed by atoms with E-state index in [-0.39, 0.29) is 5.91 Å². The van der Waals surface area contributed by atoms with Gasteiger partial charge in [0.15, 0.2) is 0 Å². The number of carbonyl (C=O) groups is 1. The lowest BCUT2D eigenvalue weighted by atomic mass is 10.2. The minimum Gasteiger partial charge on any atom is -0.389 e. The number of hydrogen-bond donors (Lipinski definition) is 2. The topological polar surface area (TPSA) is 61.8 Å². The molecule has 1 atom stereocenters. The van der Waals surface area contributed by atoms with Crippen LogP contribution in [0.4, 0.5) is 5.69 Å². The van der Waals surface area contributed by atoms with Crippen LogP contribution in [0.1, 0.15) is 12.5 Å². The molecule has 0 aliphatic carbocycles. The van der Waals surface area contributed by atoms with E-state index in [0.29, 0.717) is 19.7 Å². The Balaban J connectivity index is 2.54. The summed E-state index contributed by atoms with van der Waals surface area (Å²) in [5.74, 6) is -0.0824. The summed E-state index contributed by atoms with van der Waals surface area (Å²) in [6.45, 7) is 3.06. The van der Waals surface area contributed by atoms with Gasteiger partial charge in [0.2, 0.25) is 5.91 Å². The molecule has 0 aromatic heterocycles. The van der Waals surface area contributed by atoms with Crippen molar-refractivity contribution < 1.29 is 14.6 Å². The molecule has 1 aromatic carbocycles. The van der Waals surface area contributed by atoms with E-state index < -0.39 is 6.10 Å². The number of amides is 1. The van der Waals surface area contributed by atoms with Crippen molar-refractivity contribution in [2.75, 3.05) is 32.6 Å². The number of rotatable bonds is 7. The number of anilines is 1. The minimum absolute atomic E-state index is 0.0824. The van der Waals surface area contributed by atoms with Crippen LogP contribution in [-0.4, -0.2) is 49.3 Å². The van der Waals surface area contributed by atoms with Gasteiger partial charge >= 0.3 is 0 Å². The Morgan fingerprint density at radius 3 is 2.89 bits per heavy atom. The molecule has 0 radical (unpaired) electrons. The lowest BCUT2D eigenvalue weighted by Gasteiger charge is -2.20. The van der Waals surface area contributed by atoms with Gasteiger partial charge in [0, 0.05) is 32.8 Å². The summed E-state index contributed by atoms with van der Waals surface area (Å²) in [6, 6.07) is 7.68. The van der Waals surface area contributed by atoms with Crippen LogP contribution in [0, 0.1) is 0 Å². The number of nitrogens with one attached hydrogen (secondary N) is 1. The molecule has 1 aromatic rings. The van der Waals surface area contributed by atoms with Crippen molar-refractivity contribution in [1.82, 2.24) is 4.90 Å². The van der Waals surface area contributed by atoms with Gasteiger partial charge in [-0.05, 0) is 24.7 Å². The average Bonchev–Trinajstić information content (AvgIpc) is 2.28. The highest BCUT2D eigenvalue weighted by molar-refractivity contribution is 5.88. The molecule has 0 bridgehead atoms. The first-order valence-electron chi connectivity index (χ1n) is 6.23. The Bertz CT molecular complexity index is 409. The number of aliphatic hydroxyl groups is 1. The Labute approximate surface area is 114 Å². The number of likely N-dealkylation sites (N-methyl/N-ethyl adjacent to an activating group) is 1. The van der Waals surface area contributed by atoms with Crippen LogP contribution in [0.3, 0.4) is 0 Å². The third kappa shape index (κ3) is 6.33. The van der Waals surface area contributed by atoms with Crippen molar-refractivity contribution in [3.8, 4) is 0 Å². The summed E-state index contributed by atoms with van der Waals surface area (Å²) in [4.78, 5) is 13.0. The summed E-state index contributed by atoms with van der Waals surface area (Å²) in [6.07, 6.45) is -0.492. The van der Waals surface area contributed by atoms with Gasteiger partial charge in [0.25, 0.3) is 0 Å². The number of nitrogens with zero attached hydrogens (tertiary/aromatic N) is 1. The van der Waals surface area contributed by atoms with E-state index >= 15 is 0 Å². The SMILES string of the molecule is COCC(O)CN(C)Cc1cccc(NC(C)=O)c1. The lowest BCUT2D eigenvalue weighted by molar-refractivity contribution is -0.114. The molecule has 0 aliphatic heterocycles. The second kappa shape index (κ2) is 7.89. The molecule has 1 amide bonds. The molecule has 106 valence electrons. The van der Waals surface area contributed by atoms with Crippen LogP contribution in [0.25, 0.3) is 0 Å². The summed E-state index contributed by atoms with van der Waals surface area (Å²) in [7, 11) is 3.50. The second-order valence-corrected chi connectivity index (χ2v) is 4.69. The maximum atomic E-state index is 11.0. The van der Waals surface area contributed by atoms with Crippen LogP contribution in [0.5, 0.6) is 0 Å². The molecular weight excluding hydrogens is 244 g/mol.